The molecule has 7 aromatic rings. The lowest BCUT2D eigenvalue weighted by molar-refractivity contribution is 0.396. The van der Waals surface area contributed by atoms with Gasteiger partial charge in [0.2, 0.25) is 0 Å². The average molecular weight is 991 g/mol. The topological polar surface area (TPSA) is 231 Å². The zero-order valence-corrected chi connectivity index (χ0v) is 39.5. The molecule has 0 fully saturated rings. The summed E-state index contributed by atoms with van der Waals surface area (Å²) in [4.78, 5) is 17.2. The van der Waals surface area contributed by atoms with Crippen molar-refractivity contribution in [2.45, 2.75) is 19.6 Å². The van der Waals surface area contributed by atoms with Crippen LogP contribution in [0.25, 0.3) is 90.9 Å². The van der Waals surface area contributed by atoms with Gasteiger partial charge in [-0.1, -0.05) is 48.5 Å². The van der Waals surface area contributed by atoms with Crippen molar-refractivity contribution in [1.29, 1.82) is 0 Å². The fourth-order valence-electron chi connectivity index (χ4n) is 7.96. The first kappa shape index (κ1) is 46.2. The number of aromatic amines is 2. The van der Waals surface area contributed by atoms with Gasteiger partial charge in [-0.25, -0.2) is 9.97 Å². The molecule has 0 aliphatic carbocycles. The van der Waals surface area contributed by atoms with E-state index >= 15 is 0 Å². The highest BCUT2D eigenvalue weighted by Gasteiger charge is 2.22. The maximum Gasteiger partial charge on any atom is 0.296 e. The molecule has 20 heteroatoms. The summed E-state index contributed by atoms with van der Waals surface area (Å²) in [5.41, 5.74) is 8.86. The molecule has 0 saturated carbocycles. The molecular weight excluding hydrogens is 953 g/mol. The lowest BCUT2D eigenvalue weighted by atomic mass is 10.0. The zero-order chi connectivity index (χ0) is 48.2. The summed E-state index contributed by atoms with van der Waals surface area (Å²) in [6, 6.07) is 32.0. The standard InChI is InChI=1S/C48H38N4O12S4/c1-61-65(53,54)33-13-5-29(6-14-33)45-37-21-23-39(49-37)46(30-7-15-34(16-8-30)66(55,56)62-2)41-25-27-43(51-41)48(32-11-19-36(20-12-32)68(59,60)64-4)44-28-26-42(52-44)47(40-24-22-38(45)50-40)31-9-17-35(18-10-31)67(57,58)63-3/h5-28,49,52H,1-4H3. The summed E-state index contributed by atoms with van der Waals surface area (Å²) in [6.07, 6.45) is 7.25. The third-order valence-electron chi connectivity index (χ3n) is 11.4. The molecule has 0 saturated heterocycles. The summed E-state index contributed by atoms with van der Waals surface area (Å²) in [6.45, 7) is 0. The van der Waals surface area contributed by atoms with Crippen LogP contribution in [0.1, 0.15) is 22.8 Å². The Morgan fingerprint density at radius 2 is 0.500 bits per heavy atom. The quantitative estimate of drug-likeness (QED) is 0.109. The molecule has 9 rings (SSSR count). The molecule has 5 heterocycles. The van der Waals surface area contributed by atoms with E-state index < -0.39 is 40.5 Å². The molecule has 346 valence electrons. The first-order valence-corrected chi connectivity index (χ1v) is 25.9. The summed E-state index contributed by atoms with van der Waals surface area (Å²) < 4.78 is 120. The number of aromatic nitrogens is 4. The number of hydrogen-bond acceptors (Lipinski definition) is 14. The number of nitrogens with one attached hydrogen (secondary N) is 2. The summed E-state index contributed by atoms with van der Waals surface area (Å²) >= 11 is 0. The molecule has 16 nitrogen and oxygen atoms in total. The Labute approximate surface area is 391 Å². The van der Waals surface area contributed by atoms with Crippen molar-refractivity contribution in [3.8, 4) is 44.5 Å². The Balaban J connectivity index is 1.42. The lowest BCUT2D eigenvalue weighted by Gasteiger charge is -2.09. The van der Waals surface area contributed by atoms with E-state index in [1.165, 1.54) is 48.5 Å². The molecule has 0 atom stereocenters. The predicted molar refractivity (Wildman–Crippen MR) is 257 cm³/mol. The van der Waals surface area contributed by atoms with Crippen LogP contribution in [0.15, 0.2) is 141 Å². The van der Waals surface area contributed by atoms with E-state index in [9.17, 15) is 33.7 Å². The number of fused-ring (bicyclic) bond motifs is 8. The molecule has 2 aliphatic heterocycles. The van der Waals surface area contributed by atoms with Crippen LogP contribution < -0.4 is 0 Å². The van der Waals surface area contributed by atoms with E-state index in [0.29, 0.717) is 89.4 Å². The van der Waals surface area contributed by atoms with Crippen molar-refractivity contribution in [3.05, 3.63) is 144 Å². The molecular formula is C48H38N4O12S4. The minimum atomic E-state index is -4.03. The lowest BCUT2D eigenvalue weighted by Crippen LogP contribution is -2.02. The predicted octanol–water partition coefficient (Wildman–Crippen LogP) is 8.66. The van der Waals surface area contributed by atoms with Crippen molar-refractivity contribution in [1.82, 2.24) is 19.9 Å². The van der Waals surface area contributed by atoms with Gasteiger partial charge in [-0.15, -0.1) is 0 Å². The molecule has 68 heavy (non-hydrogen) atoms. The third-order valence-corrected chi connectivity index (χ3v) is 16.5. The van der Waals surface area contributed by atoms with Gasteiger partial charge in [-0.2, -0.15) is 33.7 Å². The number of benzene rings is 4. The van der Waals surface area contributed by atoms with E-state index in [1.807, 2.05) is 48.6 Å². The SMILES string of the molecule is COS(=O)(=O)c1ccc(-c2c3nc(c(-c4ccc(S(=O)(=O)OC)cc4)c4ccc([nH]4)c(-c4ccc(S(=O)(=O)OC)cc4)c4nc(c(-c5ccc(S(=O)(=O)OC)cc5)c5ccc2[nH]5)C=C4)C=C3)cc1. The van der Waals surface area contributed by atoms with E-state index in [-0.39, 0.29) is 19.6 Å². The van der Waals surface area contributed by atoms with Crippen LogP contribution in [0.4, 0.5) is 0 Å². The number of rotatable bonds is 12. The van der Waals surface area contributed by atoms with Gasteiger partial charge in [0.1, 0.15) is 0 Å². The average Bonchev–Trinajstić information content (AvgIpc) is 4.21. The maximum atomic E-state index is 12.7. The van der Waals surface area contributed by atoms with Crippen molar-refractivity contribution >= 4 is 86.8 Å². The van der Waals surface area contributed by atoms with Gasteiger partial charge in [0, 0.05) is 44.3 Å². The van der Waals surface area contributed by atoms with Gasteiger partial charge in [0.25, 0.3) is 40.5 Å². The van der Waals surface area contributed by atoms with E-state index in [1.54, 1.807) is 48.5 Å². The second-order valence-corrected chi connectivity index (χ2v) is 21.9. The molecule has 0 unspecified atom stereocenters. The Morgan fingerprint density at radius 1 is 0.309 bits per heavy atom. The minimum absolute atomic E-state index is 0.0576. The second-order valence-electron chi connectivity index (χ2n) is 15.1. The van der Waals surface area contributed by atoms with Crippen molar-refractivity contribution in [3.63, 3.8) is 0 Å². The summed E-state index contributed by atoms with van der Waals surface area (Å²) in [7, 11) is -11.8. The van der Waals surface area contributed by atoms with Crippen molar-refractivity contribution < 1.29 is 50.4 Å². The Bertz CT molecular complexity index is 3370. The van der Waals surface area contributed by atoms with Crippen molar-refractivity contribution in [2.24, 2.45) is 0 Å². The van der Waals surface area contributed by atoms with Gasteiger partial charge in [0.05, 0.1) is 70.8 Å². The maximum absolute atomic E-state index is 12.7. The van der Waals surface area contributed by atoms with Crippen LogP contribution in [0.5, 0.6) is 0 Å². The van der Waals surface area contributed by atoms with Crippen LogP contribution in [0.3, 0.4) is 0 Å². The highest BCUT2D eigenvalue weighted by Crippen LogP contribution is 2.39. The van der Waals surface area contributed by atoms with Crippen LogP contribution in [0, 0.1) is 0 Å². The fraction of sp³-hybridized carbons (Fsp3) is 0.0833. The largest absolute Gasteiger partial charge is 0.354 e. The minimum Gasteiger partial charge on any atom is -0.354 e. The van der Waals surface area contributed by atoms with Gasteiger partial charge >= 0.3 is 0 Å². The van der Waals surface area contributed by atoms with Gasteiger partial charge in [-0.3, -0.25) is 16.7 Å². The summed E-state index contributed by atoms with van der Waals surface area (Å²) in [5, 5.41) is 0. The van der Waals surface area contributed by atoms with Crippen molar-refractivity contribution in [2.75, 3.05) is 28.4 Å². The molecule has 4 aromatic carbocycles. The number of hydrogen-bond donors (Lipinski definition) is 2. The van der Waals surface area contributed by atoms with Crippen LogP contribution in [-0.2, 0) is 57.2 Å². The molecule has 0 spiro atoms. The van der Waals surface area contributed by atoms with E-state index in [0.717, 1.165) is 28.4 Å². The normalized spacial score (nSPS) is 13.0. The van der Waals surface area contributed by atoms with E-state index in [2.05, 4.69) is 9.97 Å². The van der Waals surface area contributed by atoms with Crippen LogP contribution in [-0.4, -0.2) is 82.0 Å². The van der Waals surface area contributed by atoms with Gasteiger partial charge in [0.15, 0.2) is 0 Å². The molecule has 8 bridgehead atoms. The van der Waals surface area contributed by atoms with Gasteiger partial charge < -0.3 is 9.97 Å². The van der Waals surface area contributed by atoms with Crippen LogP contribution in [0.2, 0.25) is 0 Å². The Morgan fingerprint density at radius 3 is 0.676 bits per heavy atom. The number of nitrogens with zero attached hydrogens (tertiary/aromatic N) is 2. The first-order chi connectivity index (χ1) is 32.5. The zero-order valence-electron chi connectivity index (χ0n) is 36.3. The summed E-state index contributed by atoms with van der Waals surface area (Å²) in [5.74, 6) is 0. The highest BCUT2D eigenvalue weighted by molar-refractivity contribution is 7.87. The third kappa shape index (κ3) is 8.52. The number of H-pyrrole nitrogens is 2. The molecule has 0 amide bonds. The highest BCUT2D eigenvalue weighted by atomic mass is 32.2. The Kier molecular flexibility index (Phi) is 12.0. The Hall–Kier alpha value is -6.88. The van der Waals surface area contributed by atoms with Gasteiger partial charge in [-0.05, 0) is 119 Å². The molecule has 2 aliphatic rings. The fourth-order valence-corrected chi connectivity index (χ4v) is 10.6. The smallest absolute Gasteiger partial charge is 0.296 e. The molecule has 2 N–H and O–H groups in total. The monoisotopic (exact) mass is 990 g/mol. The van der Waals surface area contributed by atoms with E-state index in [4.69, 9.17) is 26.7 Å². The van der Waals surface area contributed by atoms with Crippen LogP contribution >= 0.6 is 0 Å². The molecule has 3 aromatic heterocycles. The first-order valence-electron chi connectivity index (χ1n) is 20.3. The second kappa shape index (κ2) is 17.6. The molecule has 0 radical (unpaired) electrons.